The lowest BCUT2D eigenvalue weighted by Gasteiger charge is -2.24. The fourth-order valence-electron chi connectivity index (χ4n) is 4.78. The third-order valence-corrected chi connectivity index (χ3v) is 7.02. The van der Waals surface area contributed by atoms with Crippen LogP contribution in [0.15, 0.2) is 22.6 Å². The molecule has 2 aromatic rings. The van der Waals surface area contributed by atoms with Crippen LogP contribution >= 0.6 is 12.4 Å². The van der Waals surface area contributed by atoms with Gasteiger partial charge in [0.2, 0.25) is 5.89 Å². The van der Waals surface area contributed by atoms with Crippen molar-refractivity contribution in [1.82, 2.24) is 15.2 Å². The van der Waals surface area contributed by atoms with Crippen molar-refractivity contribution < 1.29 is 46.5 Å². The van der Waals surface area contributed by atoms with Crippen molar-refractivity contribution in [2.75, 3.05) is 26.9 Å². The second-order valence-corrected chi connectivity index (χ2v) is 10.3. The average molecular weight is 631 g/mol. The van der Waals surface area contributed by atoms with E-state index in [1.807, 2.05) is 0 Å². The molecule has 2 amide bonds. The minimum atomic E-state index is -3.04. The highest BCUT2D eigenvalue weighted by atomic mass is 35.5. The van der Waals surface area contributed by atoms with E-state index in [1.165, 1.54) is 30.2 Å². The van der Waals surface area contributed by atoms with Crippen LogP contribution in [-0.4, -0.2) is 73.4 Å². The summed E-state index contributed by atoms with van der Waals surface area (Å²) in [7, 11) is 1.24. The van der Waals surface area contributed by atoms with Gasteiger partial charge in [-0.15, -0.1) is 12.4 Å². The maximum atomic E-state index is 13.9. The van der Waals surface area contributed by atoms with Crippen LogP contribution < -0.4 is 20.5 Å². The number of esters is 1. The van der Waals surface area contributed by atoms with Gasteiger partial charge >= 0.3 is 18.7 Å². The zero-order valence-electron chi connectivity index (χ0n) is 24.2. The van der Waals surface area contributed by atoms with Crippen LogP contribution in [0.1, 0.15) is 68.2 Å². The van der Waals surface area contributed by atoms with Gasteiger partial charge in [-0.3, -0.25) is 9.59 Å². The topological polar surface area (TPSA) is 155 Å². The third-order valence-electron chi connectivity index (χ3n) is 7.02. The highest BCUT2D eigenvalue weighted by molar-refractivity contribution is 5.94. The van der Waals surface area contributed by atoms with Gasteiger partial charge < -0.3 is 39.3 Å². The Morgan fingerprint density at radius 1 is 1.23 bits per heavy atom. The second-order valence-electron chi connectivity index (χ2n) is 10.3. The van der Waals surface area contributed by atoms with Crippen LogP contribution in [0, 0.1) is 5.92 Å². The zero-order valence-corrected chi connectivity index (χ0v) is 25.0. The number of alkyl carbamates (subject to hydrolysis) is 1. The highest BCUT2D eigenvalue weighted by Crippen LogP contribution is 2.37. The monoisotopic (exact) mass is 630 g/mol. The number of rotatable bonds is 13. The molecule has 4 rings (SSSR count). The van der Waals surface area contributed by atoms with Gasteiger partial charge in [0.05, 0.1) is 32.4 Å². The van der Waals surface area contributed by atoms with E-state index in [0.717, 1.165) is 12.8 Å². The van der Waals surface area contributed by atoms with Gasteiger partial charge in [-0.05, 0) is 63.6 Å². The molecule has 15 heteroatoms. The predicted molar refractivity (Wildman–Crippen MR) is 151 cm³/mol. The lowest BCUT2D eigenvalue weighted by Crippen LogP contribution is -2.40. The highest BCUT2D eigenvalue weighted by Gasteiger charge is 2.39. The number of alkyl halides is 2. The van der Waals surface area contributed by atoms with Crippen molar-refractivity contribution in [2.24, 2.45) is 11.7 Å². The van der Waals surface area contributed by atoms with E-state index in [1.54, 1.807) is 13.8 Å². The van der Waals surface area contributed by atoms with Gasteiger partial charge in [0.25, 0.3) is 5.91 Å². The van der Waals surface area contributed by atoms with E-state index in [-0.39, 0.29) is 60.8 Å². The summed E-state index contributed by atoms with van der Waals surface area (Å²) < 4.78 is 52.0. The van der Waals surface area contributed by atoms with Crippen LogP contribution in [0.5, 0.6) is 11.5 Å². The van der Waals surface area contributed by atoms with E-state index in [2.05, 4.69) is 15.0 Å². The van der Waals surface area contributed by atoms with Gasteiger partial charge in [0.1, 0.15) is 0 Å². The molecule has 1 aliphatic carbocycles. The molecule has 12 nitrogen and oxygen atoms in total. The summed E-state index contributed by atoms with van der Waals surface area (Å²) in [4.78, 5) is 43.8. The summed E-state index contributed by atoms with van der Waals surface area (Å²) in [5.41, 5.74) is 6.48. The Morgan fingerprint density at radius 2 is 1.98 bits per heavy atom. The normalized spacial score (nSPS) is 18.5. The van der Waals surface area contributed by atoms with E-state index in [9.17, 15) is 23.2 Å². The number of benzene rings is 1. The fraction of sp³-hybridized carbons (Fsp3) is 0.571. The van der Waals surface area contributed by atoms with Crippen LogP contribution in [0.25, 0.3) is 11.5 Å². The smallest absolute Gasteiger partial charge is 0.407 e. The van der Waals surface area contributed by atoms with E-state index < -0.39 is 42.7 Å². The molecule has 2 heterocycles. The molecular formula is C28H37ClF2N4O8. The van der Waals surface area contributed by atoms with Gasteiger partial charge in [0.15, 0.2) is 23.0 Å². The number of nitrogens with one attached hydrogen (secondary N) is 1. The lowest BCUT2D eigenvalue weighted by molar-refractivity contribution is -0.143. The van der Waals surface area contributed by atoms with Crippen LogP contribution in [0.3, 0.4) is 0 Å². The van der Waals surface area contributed by atoms with Crippen molar-refractivity contribution in [1.29, 1.82) is 0 Å². The number of ether oxygens (including phenoxy) is 4. The number of carbonyl (C=O) groups is 3. The molecule has 0 unspecified atom stereocenters. The first-order valence-corrected chi connectivity index (χ1v) is 13.9. The average Bonchev–Trinajstić information content (AvgIpc) is 3.52. The third kappa shape index (κ3) is 8.92. The molecule has 1 saturated heterocycles. The van der Waals surface area contributed by atoms with E-state index in [0.29, 0.717) is 30.9 Å². The molecule has 43 heavy (non-hydrogen) atoms. The predicted octanol–water partition coefficient (Wildman–Crippen LogP) is 4.46. The van der Waals surface area contributed by atoms with Gasteiger partial charge in [-0.2, -0.15) is 8.78 Å². The van der Waals surface area contributed by atoms with Crippen molar-refractivity contribution in [3.05, 3.63) is 29.7 Å². The molecule has 238 valence electrons. The lowest BCUT2D eigenvalue weighted by atomic mass is 10.1. The second kappa shape index (κ2) is 15.2. The summed E-state index contributed by atoms with van der Waals surface area (Å²) >= 11 is 0. The molecule has 1 saturated carbocycles. The summed E-state index contributed by atoms with van der Waals surface area (Å²) in [5.74, 6) is -0.400. The number of halogens is 3. The molecular weight excluding hydrogens is 594 g/mol. The number of carbonyl (C=O) groups excluding carboxylic acids is 3. The van der Waals surface area contributed by atoms with E-state index in [4.69, 9.17) is 24.4 Å². The van der Waals surface area contributed by atoms with Gasteiger partial charge in [0, 0.05) is 24.6 Å². The fourth-order valence-corrected chi connectivity index (χ4v) is 4.78. The number of likely N-dealkylation sites (tertiary alicyclic amines) is 1. The Balaban J connectivity index is 0.00000506. The number of aromatic nitrogens is 1. The Kier molecular flexibility index (Phi) is 12.0. The Labute approximate surface area is 253 Å². The number of nitrogens with zero attached hydrogens (tertiary/aromatic N) is 2. The molecule has 1 aliphatic heterocycles. The zero-order chi connectivity index (χ0) is 30.4. The number of methoxy groups -OCH3 is 1. The largest absolute Gasteiger partial charge is 0.489 e. The van der Waals surface area contributed by atoms with Crippen LogP contribution in [0.2, 0.25) is 0 Å². The molecule has 0 spiro atoms. The molecule has 2 aliphatic rings. The Morgan fingerprint density at radius 3 is 2.60 bits per heavy atom. The summed E-state index contributed by atoms with van der Waals surface area (Å²) in [5, 5.41) is 2.71. The van der Waals surface area contributed by atoms with E-state index >= 15 is 0 Å². The quantitative estimate of drug-likeness (QED) is 0.303. The molecule has 3 atom stereocenters. The number of hydrogen-bond acceptors (Lipinski definition) is 10. The minimum Gasteiger partial charge on any atom is -0.489 e. The minimum absolute atomic E-state index is 0. The Bertz CT molecular complexity index is 1270. The number of amides is 2. The number of hydrogen-bond donors (Lipinski definition) is 2. The maximum Gasteiger partial charge on any atom is 0.407 e. The summed E-state index contributed by atoms with van der Waals surface area (Å²) in [6.07, 6.45) is 2.12. The van der Waals surface area contributed by atoms with Gasteiger partial charge in [-0.1, -0.05) is 0 Å². The molecule has 0 bridgehead atoms. The SMILES string of the molecule is CCOC(=O)CC[C@@H]1C[C@@H](NC(=O)OC)CN1C(=O)c1nc(-c2ccc(OC(F)F)c(OCC3CC3)c2)oc1[C@H](C)N.Cl. The number of oxazole rings is 1. The van der Waals surface area contributed by atoms with Gasteiger partial charge in [-0.25, -0.2) is 9.78 Å². The van der Waals surface area contributed by atoms with Crippen LogP contribution in [-0.2, 0) is 14.3 Å². The maximum absolute atomic E-state index is 13.9. The molecule has 1 aromatic carbocycles. The molecule has 3 N–H and O–H groups in total. The Hall–Kier alpha value is -3.65. The van der Waals surface area contributed by atoms with Crippen molar-refractivity contribution in [3.63, 3.8) is 0 Å². The molecule has 1 aromatic heterocycles. The van der Waals surface area contributed by atoms with Crippen molar-refractivity contribution in [3.8, 4) is 23.0 Å². The molecule has 0 radical (unpaired) electrons. The first-order chi connectivity index (χ1) is 20.1. The van der Waals surface area contributed by atoms with Crippen molar-refractivity contribution >= 4 is 30.4 Å². The van der Waals surface area contributed by atoms with Crippen molar-refractivity contribution in [2.45, 2.75) is 70.7 Å². The number of nitrogens with two attached hydrogens (primary N) is 1. The summed E-state index contributed by atoms with van der Waals surface area (Å²) in [6.45, 7) is 1.03. The summed E-state index contributed by atoms with van der Waals surface area (Å²) in [6, 6.07) is 2.71. The van der Waals surface area contributed by atoms with Crippen LogP contribution in [0.4, 0.5) is 13.6 Å². The molecule has 2 fully saturated rings. The first-order valence-electron chi connectivity index (χ1n) is 13.9. The standard InChI is InChI=1S/C28H36F2N4O8.ClH/c1-4-39-22(35)10-8-19-12-18(32-28(37)38-3)13-34(19)26(36)23-24(15(2)31)42-25(33-23)17-7-9-20(41-27(29)30)21(11-17)40-14-16-5-6-16;/h7,9,11,15-16,18-19,27H,4-6,8,10,12-14,31H2,1-3H3,(H,32,37);1H/t15-,18+,19+;/m0./s1. The first kappa shape index (κ1) is 33.8.